The molecule has 1 aliphatic heterocycles. The third kappa shape index (κ3) is 3.14. The molecule has 1 fully saturated rings. The Kier molecular flexibility index (Phi) is 4.46. The molecule has 0 atom stereocenters. The zero-order valence-electron chi connectivity index (χ0n) is 10.9. The summed E-state index contributed by atoms with van der Waals surface area (Å²) in [6.07, 6.45) is 1.13. The van der Waals surface area contributed by atoms with Gasteiger partial charge in [-0.15, -0.1) is 0 Å². The average molecular weight is 286 g/mol. The number of hydrogen-bond acceptors (Lipinski definition) is 3. The number of halogens is 1. The molecule has 0 amide bonds. The molecule has 18 heavy (non-hydrogen) atoms. The Morgan fingerprint density at radius 3 is 2.89 bits per heavy atom. The van der Waals surface area contributed by atoms with E-state index in [9.17, 15) is 5.11 Å². The predicted octanol–water partition coefficient (Wildman–Crippen LogP) is 3.55. The lowest BCUT2D eigenvalue weighted by Crippen LogP contribution is -2.28. The lowest BCUT2D eigenvalue weighted by molar-refractivity contribution is 0.282. The molecule has 2 nitrogen and oxygen atoms in total. The quantitative estimate of drug-likeness (QED) is 0.899. The zero-order chi connectivity index (χ0) is 13.2. The van der Waals surface area contributed by atoms with Gasteiger partial charge in [-0.25, -0.2) is 0 Å². The second-order valence-electron chi connectivity index (χ2n) is 5.25. The minimum atomic E-state index is 0.0446. The number of thioether (sulfide) groups is 1. The summed E-state index contributed by atoms with van der Waals surface area (Å²) < 4.78 is 0.329. The van der Waals surface area contributed by atoms with Crippen molar-refractivity contribution in [2.75, 3.05) is 23.7 Å². The van der Waals surface area contributed by atoms with Gasteiger partial charge in [0.25, 0.3) is 0 Å². The van der Waals surface area contributed by atoms with Crippen LogP contribution in [0.4, 0.5) is 5.69 Å². The molecule has 0 aliphatic carbocycles. The van der Waals surface area contributed by atoms with E-state index in [1.165, 1.54) is 0 Å². The summed E-state index contributed by atoms with van der Waals surface area (Å²) >= 11 is 8.32. The maximum Gasteiger partial charge on any atom is 0.0702 e. The molecule has 0 spiro atoms. The van der Waals surface area contributed by atoms with E-state index < -0.39 is 0 Å². The minimum absolute atomic E-state index is 0.0446. The van der Waals surface area contributed by atoms with Crippen molar-refractivity contribution in [3.05, 3.63) is 28.8 Å². The van der Waals surface area contributed by atoms with Gasteiger partial charge >= 0.3 is 0 Å². The van der Waals surface area contributed by atoms with Gasteiger partial charge in [0.2, 0.25) is 0 Å². The van der Waals surface area contributed by atoms with Crippen LogP contribution in [0.25, 0.3) is 0 Å². The lowest BCUT2D eigenvalue weighted by atomic mass is 10.1. The van der Waals surface area contributed by atoms with Gasteiger partial charge in [0.05, 0.1) is 17.3 Å². The van der Waals surface area contributed by atoms with E-state index in [0.717, 1.165) is 41.5 Å². The van der Waals surface area contributed by atoms with E-state index in [2.05, 4.69) is 18.7 Å². The van der Waals surface area contributed by atoms with Gasteiger partial charge in [-0.1, -0.05) is 37.6 Å². The number of aliphatic hydroxyl groups is 1. The van der Waals surface area contributed by atoms with Gasteiger partial charge in [-0.2, -0.15) is 11.8 Å². The number of rotatable bonds is 2. The van der Waals surface area contributed by atoms with Crippen LogP contribution in [0.2, 0.25) is 5.02 Å². The van der Waals surface area contributed by atoms with Gasteiger partial charge in [0.15, 0.2) is 0 Å². The average Bonchev–Trinajstić information content (AvgIpc) is 2.50. The molecule has 0 bridgehead atoms. The highest BCUT2D eigenvalue weighted by molar-refractivity contribution is 8.00. The van der Waals surface area contributed by atoms with E-state index in [4.69, 9.17) is 11.6 Å². The topological polar surface area (TPSA) is 23.5 Å². The molecular weight excluding hydrogens is 266 g/mol. The third-order valence-corrected chi connectivity index (χ3v) is 5.07. The lowest BCUT2D eigenvalue weighted by Gasteiger charge is -2.27. The second-order valence-corrected chi connectivity index (χ2v) is 7.46. The Morgan fingerprint density at radius 2 is 2.17 bits per heavy atom. The highest BCUT2D eigenvalue weighted by Gasteiger charge is 2.25. The standard InChI is InChI=1S/C14H20ClNOS/c1-14(2)6-7-16(8-9-18-14)13-11(10-17)4-3-5-12(13)15/h3-5,17H,6-10H2,1-2H3. The van der Waals surface area contributed by atoms with Crippen LogP contribution in [0.1, 0.15) is 25.8 Å². The van der Waals surface area contributed by atoms with Crippen molar-refractivity contribution in [3.63, 3.8) is 0 Å². The minimum Gasteiger partial charge on any atom is -0.392 e. The number of nitrogens with zero attached hydrogens (tertiary/aromatic N) is 1. The first kappa shape index (κ1) is 14.0. The van der Waals surface area contributed by atoms with Crippen LogP contribution in [0.15, 0.2) is 18.2 Å². The second kappa shape index (κ2) is 5.72. The highest BCUT2D eigenvalue weighted by atomic mass is 35.5. The molecule has 0 radical (unpaired) electrons. The van der Waals surface area contributed by atoms with Gasteiger partial charge in [0.1, 0.15) is 0 Å². The molecule has 0 unspecified atom stereocenters. The summed E-state index contributed by atoms with van der Waals surface area (Å²) in [5, 5.41) is 10.2. The summed E-state index contributed by atoms with van der Waals surface area (Å²) in [6.45, 7) is 6.62. The van der Waals surface area contributed by atoms with Crippen LogP contribution >= 0.6 is 23.4 Å². The first-order valence-corrected chi connectivity index (χ1v) is 7.67. The molecule has 1 saturated heterocycles. The molecule has 1 aromatic rings. The van der Waals surface area contributed by atoms with Gasteiger partial charge in [-0.3, -0.25) is 0 Å². The van der Waals surface area contributed by atoms with Crippen molar-refractivity contribution < 1.29 is 5.11 Å². The molecule has 0 aromatic heterocycles. The van der Waals surface area contributed by atoms with Crippen LogP contribution in [-0.4, -0.2) is 28.7 Å². The van der Waals surface area contributed by atoms with E-state index in [1.807, 2.05) is 30.0 Å². The summed E-state index contributed by atoms with van der Waals surface area (Å²) in [4.78, 5) is 2.32. The van der Waals surface area contributed by atoms with E-state index in [1.54, 1.807) is 0 Å². The molecule has 1 N–H and O–H groups in total. The van der Waals surface area contributed by atoms with Crippen molar-refractivity contribution in [1.29, 1.82) is 0 Å². The SMILES string of the molecule is CC1(C)CCN(c2c(Cl)cccc2CO)CCS1. The summed E-state index contributed by atoms with van der Waals surface area (Å²) in [6, 6.07) is 5.75. The van der Waals surface area contributed by atoms with Gasteiger partial charge in [-0.05, 0) is 12.5 Å². The largest absolute Gasteiger partial charge is 0.392 e. The zero-order valence-corrected chi connectivity index (χ0v) is 12.5. The highest BCUT2D eigenvalue weighted by Crippen LogP contribution is 2.36. The molecule has 100 valence electrons. The maximum absolute atomic E-state index is 9.46. The van der Waals surface area contributed by atoms with Crippen LogP contribution in [0.5, 0.6) is 0 Å². The molecule has 2 rings (SSSR count). The fraction of sp³-hybridized carbons (Fsp3) is 0.571. The summed E-state index contributed by atoms with van der Waals surface area (Å²) in [5.74, 6) is 1.10. The normalized spacial score (nSPS) is 19.7. The third-order valence-electron chi connectivity index (χ3n) is 3.39. The smallest absolute Gasteiger partial charge is 0.0702 e. The van der Waals surface area contributed by atoms with Crippen molar-refractivity contribution in [1.82, 2.24) is 0 Å². The number of para-hydroxylation sites is 1. The Morgan fingerprint density at radius 1 is 1.39 bits per heavy atom. The predicted molar refractivity (Wildman–Crippen MR) is 80.7 cm³/mol. The Bertz CT molecular complexity index is 422. The Hall–Kier alpha value is -0.380. The van der Waals surface area contributed by atoms with E-state index >= 15 is 0 Å². The van der Waals surface area contributed by atoms with Gasteiger partial charge < -0.3 is 10.0 Å². The first-order valence-electron chi connectivity index (χ1n) is 6.31. The van der Waals surface area contributed by atoms with Crippen molar-refractivity contribution >= 4 is 29.1 Å². The Labute approximate surface area is 118 Å². The molecular formula is C14H20ClNOS. The Balaban J connectivity index is 2.26. The summed E-state index contributed by atoms with van der Waals surface area (Å²) in [5.41, 5.74) is 1.94. The van der Waals surface area contributed by atoms with Crippen LogP contribution < -0.4 is 4.90 Å². The fourth-order valence-electron chi connectivity index (χ4n) is 2.29. The molecule has 0 saturated carbocycles. The fourth-order valence-corrected chi connectivity index (χ4v) is 3.70. The van der Waals surface area contributed by atoms with Gasteiger partial charge in [0, 0.05) is 29.2 Å². The van der Waals surface area contributed by atoms with Crippen molar-refractivity contribution in [3.8, 4) is 0 Å². The van der Waals surface area contributed by atoms with Crippen LogP contribution in [0, 0.1) is 0 Å². The number of aliphatic hydroxyl groups excluding tert-OH is 1. The van der Waals surface area contributed by atoms with Crippen molar-refractivity contribution in [2.24, 2.45) is 0 Å². The molecule has 1 aliphatic rings. The number of benzene rings is 1. The van der Waals surface area contributed by atoms with E-state index in [0.29, 0.717) is 4.75 Å². The van der Waals surface area contributed by atoms with Crippen LogP contribution in [0.3, 0.4) is 0 Å². The molecule has 1 heterocycles. The maximum atomic E-state index is 9.46. The van der Waals surface area contributed by atoms with E-state index in [-0.39, 0.29) is 6.61 Å². The summed E-state index contributed by atoms with van der Waals surface area (Å²) in [7, 11) is 0. The first-order chi connectivity index (χ1) is 8.53. The number of anilines is 1. The van der Waals surface area contributed by atoms with Crippen molar-refractivity contribution in [2.45, 2.75) is 31.6 Å². The number of hydrogen-bond donors (Lipinski definition) is 1. The molecule has 1 aromatic carbocycles. The van der Waals surface area contributed by atoms with Crippen LogP contribution in [-0.2, 0) is 6.61 Å². The molecule has 4 heteroatoms. The monoisotopic (exact) mass is 285 g/mol.